The Kier molecular flexibility index (Phi) is 13.3. The van der Waals surface area contributed by atoms with Crippen molar-refractivity contribution in [2.75, 3.05) is 0 Å². The maximum Gasteiger partial charge on any atom is -0.147 e. The number of aryl methyl sites for hydroxylation is 2. The molecule has 8 rings (SSSR count). The van der Waals surface area contributed by atoms with Crippen LogP contribution in [0.1, 0.15) is 96.1 Å². The summed E-state index contributed by atoms with van der Waals surface area (Å²) in [5.74, 6) is 0. The van der Waals surface area contributed by atoms with Crippen molar-refractivity contribution in [3.05, 3.63) is 198 Å². The number of allylic oxidation sites excluding steroid dienone is 4. The van der Waals surface area contributed by atoms with Gasteiger partial charge in [0.1, 0.15) is 0 Å². The van der Waals surface area contributed by atoms with Crippen LogP contribution in [0.3, 0.4) is 0 Å². The molecule has 0 saturated heterocycles. The van der Waals surface area contributed by atoms with Crippen LogP contribution in [0.2, 0.25) is 5.02 Å². The van der Waals surface area contributed by atoms with Crippen molar-refractivity contribution in [2.45, 2.75) is 82.7 Å². The molecular formula is C54H55Cl3Zr. The van der Waals surface area contributed by atoms with E-state index in [-0.39, 0.29) is 35.6 Å². The summed E-state index contributed by atoms with van der Waals surface area (Å²) in [6, 6.07) is 48.5. The molecule has 0 bridgehead atoms. The van der Waals surface area contributed by atoms with Gasteiger partial charge in [0.15, 0.2) is 0 Å². The first-order chi connectivity index (χ1) is 26.8. The fourth-order valence-corrected chi connectivity index (χ4v) is 18.3. The largest absolute Gasteiger partial charge is 0.147 e. The van der Waals surface area contributed by atoms with E-state index in [1.165, 1.54) is 77.9 Å². The number of fused-ring (bicyclic) bond motifs is 3. The van der Waals surface area contributed by atoms with E-state index in [9.17, 15) is 0 Å². The zero-order chi connectivity index (χ0) is 39.4. The summed E-state index contributed by atoms with van der Waals surface area (Å²) in [6.45, 7) is 18.9. The van der Waals surface area contributed by atoms with E-state index < -0.39 is 21.3 Å². The number of hydrogen-bond donors (Lipinski definition) is 0. The standard InChI is InChI=1S/C35H37.C14H11Cl.C5H5.2ClH.Zr/c1-22-13-9-11-15-26(22)30-18-24-17-25-19-31(27-16-12-10-14-23(27)2)33(35(6,7)8)21-29(25)28(24)20-32(30)34(3,4)5;15-14-10-8-13(9-11-14)7-6-12-4-2-1-3-5-12;1-2-4-5-3-1;;;/h9-21H,1-8H3;1-5,8-11H,7H2;1-3H,4H2;2*1H;. The monoisotopic (exact) mass is 898 g/mol. The quantitative estimate of drug-likeness (QED) is 0.150. The van der Waals surface area contributed by atoms with E-state index in [0.717, 1.165) is 17.9 Å². The molecule has 0 aliphatic heterocycles. The summed E-state index contributed by atoms with van der Waals surface area (Å²) in [5.41, 5.74) is 19.4. The predicted octanol–water partition coefficient (Wildman–Crippen LogP) is 15.7. The van der Waals surface area contributed by atoms with Crippen LogP contribution in [-0.4, -0.2) is 3.21 Å². The van der Waals surface area contributed by atoms with Gasteiger partial charge < -0.3 is 0 Å². The summed E-state index contributed by atoms with van der Waals surface area (Å²) in [4.78, 5) is 0. The molecule has 0 heterocycles. The molecule has 0 N–H and O–H groups in total. The van der Waals surface area contributed by atoms with E-state index in [1.807, 2.05) is 0 Å². The maximum absolute atomic E-state index is 6.48. The van der Waals surface area contributed by atoms with E-state index in [1.54, 1.807) is 6.49 Å². The Labute approximate surface area is 372 Å². The molecule has 0 fully saturated rings. The molecule has 0 amide bonds. The average Bonchev–Trinajstić information content (AvgIpc) is 3.81. The number of benzene rings is 6. The second-order valence-electron chi connectivity index (χ2n) is 17.9. The Hall–Kier alpha value is -3.58. The summed E-state index contributed by atoms with van der Waals surface area (Å²) in [7, 11) is 0. The van der Waals surface area contributed by atoms with Crippen LogP contribution in [0, 0.1) is 13.8 Å². The molecule has 6 aromatic carbocycles. The molecule has 0 atom stereocenters. The minimum atomic E-state index is -2.92. The van der Waals surface area contributed by atoms with Gasteiger partial charge in [-0.3, -0.25) is 0 Å². The Morgan fingerprint density at radius 3 is 1.52 bits per heavy atom. The summed E-state index contributed by atoms with van der Waals surface area (Å²) in [5, 5.41) is 0.784. The third-order valence-corrected chi connectivity index (χ3v) is 20.5. The molecule has 0 spiro atoms. The van der Waals surface area contributed by atoms with Crippen LogP contribution in [0.15, 0.2) is 149 Å². The minimum absolute atomic E-state index is 0. The van der Waals surface area contributed by atoms with Crippen molar-refractivity contribution in [1.29, 1.82) is 0 Å². The van der Waals surface area contributed by atoms with Crippen molar-refractivity contribution < 1.29 is 21.3 Å². The summed E-state index contributed by atoms with van der Waals surface area (Å²) in [6.07, 6.45) is 9.15. The van der Waals surface area contributed by atoms with Crippen molar-refractivity contribution in [3.63, 3.8) is 0 Å². The predicted molar refractivity (Wildman–Crippen MR) is 254 cm³/mol. The SMILES string of the molecule is Cc1ccccc1-c1cc2c(cc1C(C)(C)C)-c1cc(C(C)(C)C)c(-c3ccccc3C)cc1[CH]2/[Zr]([C]1=CC=CC1)=[C](\Cc1ccc(Cl)cc1)c1ccccc1.Cl.Cl. The van der Waals surface area contributed by atoms with E-state index in [2.05, 4.69) is 201 Å². The Bertz CT molecular complexity index is 2450. The maximum atomic E-state index is 6.48. The third-order valence-electron chi connectivity index (χ3n) is 11.9. The van der Waals surface area contributed by atoms with Gasteiger partial charge in [0.2, 0.25) is 0 Å². The van der Waals surface area contributed by atoms with Crippen molar-refractivity contribution in [2.24, 2.45) is 0 Å². The molecule has 2 aliphatic carbocycles. The third kappa shape index (κ3) is 8.54. The van der Waals surface area contributed by atoms with Crippen LogP contribution < -0.4 is 0 Å². The Balaban J connectivity index is 0.00000283. The average molecular weight is 902 g/mol. The first-order valence-corrected chi connectivity index (χ1v) is 24.4. The summed E-state index contributed by atoms with van der Waals surface area (Å²) < 4.78 is 3.60. The van der Waals surface area contributed by atoms with Gasteiger partial charge in [-0.05, 0) is 0 Å². The van der Waals surface area contributed by atoms with Gasteiger partial charge in [-0.25, -0.2) is 0 Å². The van der Waals surface area contributed by atoms with Gasteiger partial charge in [-0.1, -0.05) is 0 Å². The zero-order valence-electron chi connectivity index (χ0n) is 35.0. The van der Waals surface area contributed by atoms with Crippen LogP contribution >= 0.6 is 36.4 Å². The first-order valence-electron chi connectivity index (χ1n) is 20.2. The Morgan fingerprint density at radius 1 is 0.586 bits per heavy atom. The molecule has 6 aromatic rings. The van der Waals surface area contributed by atoms with Crippen LogP contribution in [0.25, 0.3) is 33.4 Å². The van der Waals surface area contributed by atoms with Crippen LogP contribution in [-0.2, 0) is 38.5 Å². The van der Waals surface area contributed by atoms with Gasteiger partial charge in [0, 0.05) is 0 Å². The minimum Gasteiger partial charge on any atom is -0.147 e. The van der Waals surface area contributed by atoms with Gasteiger partial charge in [-0.2, -0.15) is 0 Å². The second kappa shape index (κ2) is 17.6. The first kappa shape index (κ1) is 44.0. The molecular weight excluding hydrogens is 846 g/mol. The second-order valence-corrected chi connectivity index (χ2v) is 24.9. The Morgan fingerprint density at radius 2 is 1.07 bits per heavy atom. The van der Waals surface area contributed by atoms with E-state index >= 15 is 0 Å². The van der Waals surface area contributed by atoms with Crippen molar-refractivity contribution in [1.82, 2.24) is 0 Å². The number of halogens is 3. The van der Waals surface area contributed by atoms with E-state index in [0.29, 0.717) is 3.63 Å². The van der Waals surface area contributed by atoms with E-state index in [4.69, 9.17) is 11.6 Å². The van der Waals surface area contributed by atoms with Gasteiger partial charge in [-0.15, -0.1) is 24.8 Å². The van der Waals surface area contributed by atoms with Crippen LogP contribution in [0.4, 0.5) is 0 Å². The van der Waals surface area contributed by atoms with Crippen molar-refractivity contribution in [3.8, 4) is 33.4 Å². The number of hydrogen-bond acceptors (Lipinski definition) is 0. The molecule has 0 nitrogen and oxygen atoms in total. The molecule has 0 radical (unpaired) electrons. The summed E-state index contributed by atoms with van der Waals surface area (Å²) >= 11 is 3.56. The molecule has 0 aromatic heterocycles. The van der Waals surface area contributed by atoms with Gasteiger partial charge in [0.25, 0.3) is 0 Å². The van der Waals surface area contributed by atoms with Crippen molar-refractivity contribution >= 4 is 39.6 Å². The molecule has 0 saturated carbocycles. The topological polar surface area (TPSA) is 0 Å². The van der Waals surface area contributed by atoms with Crippen LogP contribution in [0.5, 0.6) is 0 Å². The van der Waals surface area contributed by atoms with Gasteiger partial charge in [0.05, 0.1) is 0 Å². The fourth-order valence-electron chi connectivity index (χ4n) is 9.09. The fraction of sp³-hybridized carbons (Fsp3) is 0.241. The normalized spacial score (nSPS) is 13.9. The number of rotatable bonds is 7. The zero-order valence-corrected chi connectivity index (χ0v) is 39.9. The molecule has 58 heavy (non-hydrogen) atoms. The smallest absolute Gasteiger partial charge is 0.147 e. The molecule has 0 unspecified atom stereocenters. The molecule has 4 heteroatoms. The molecule has 296 valence electrons. The molecule has 2 aliphatic rings. The van der Waals surface area contributed by atoms with Gasteiger partial charge >= 0.3 is 351 Å².